The van der Waals surface area contributed by atoms with Crippen LogP contribution in [0.25, 0.3) is 0 Å². The molecular weight excluding hydrogens is 280 g/mol. The lowest BCUT2D eigenvalue weighted by Crippen LogP contribution is -2.10. The first-order chi connectivity index (χ1) is 7.54. The van der Waals surface area contributed by atoms with Gasteiger partial charge in [-0.25, -0.2) is 0 Å². The van der Waals surface area contributed by atoms with Gasteiger partial charge in [-0.3, -0.25) is 4.79 Å². The second-order valence-corrected chi connectivity index (χ2v) is 3.67. The molecule has 0 saturated heterocycles. The van der Waals surface area contributed by atoms with Crippen LogP contribution in [0.4, 0.5) is 5.82 Å². The number of halogens is 1. The van der Waals surface area contributed by atoms with Crippen molar-refractivity contribution in [3.8, 4) is 0 Å². The molecule has 0 aliphatic rings. The van der Waals surface area contributed by atoms with Crippen molar-refractivity contribution in [1.82, 2.24) is 4.98 Å². The van der Waals surface area contributed by atoms with E-state index < -0.39 is 10.9 Å². The quantitative estimate of drug-likeness (QED) is 0.365. The normalized spacial score (nSPS) is 9.88. The minimum absolute atomic E-state index is 0.148. The van der Waals surface area contributed by atoms with Gasteiger partial charge in [-0.2, -0.15) is 0 Å². The average Bonchev–Trinajstić information content (AvgIpc) is 2.20. The van der Waals surface area contributed by atoms with Gasteiger partial charge < -0.3 is 14.9 Å². The van der Waals surface area contributed by atoms with Gasteiger partial charge in [-0.15, -0.1) is 0 Å². The van der Waals surface area contributed by atoms with Gasteiger partial charge in [0.05, 0.1) is 18.6 Å². The van der Waals surface area contributed by atoms with Gasteiger partial charge in [0.25, 0.3) is 0 Å². The molecule has 0 radical (unpaired) electrons. The van der Waals surface area contributed by atoms with Crippen LogP contribution in [0.15, 0.2) is 16.7 Å². The number of nitrogens with zero attached hydrogens (tertiary/aromatic N) is 2. The van der Waals surface area contributed by atoms with Crippen LogP contribution < -0.4 is 0 Å². The van der Waals surface area contributed by atoms with Gasteiger partial charge in [-0.1, -0.05) is 0 Å². The summed E-state index contributed by atoms with van der Waals surface area (Å²) in [5.41, 5.74) is 0.242. The summed E-state index contributed by atoms with van der Waals surface area (Å²) >= 11 is 3.03. The number of carbonyl (C=O) groups excluding carboxylic acids is 1. The fraction of sp³-hybridized carbons (Fsp3) is 0.333. The lowest BCUT2D eigenvalue weighted by atomic mass is 10.2. The first-order valence-corrected chi connectivity index (χ1v) is 5.29. The molecule has 1 aromatic rings. The van der Waals surface area contributed by atoms with Gasteiger partial charge in [0.1, 0.15) is 0 Å². The van der Waals surface area contributed by atoms with E-state index in [-0.39, 0.29) is 24.4 Å². The Labute approximate surface area is 99.9 Å². The maximum Gasteiger partial charge on any atom is 0.368 e. The molecule has 86 valence electrons. The second kappa shape index (κ2) is 5.55. The Morgan fingerprint density at radius 2 is 2.31 bits per heavy atom. The molecule has 0 atom stereocenters. The van der Waals surface area contributed by atoms with Crippen LogP contribution in [-0.2, 0) is 16.0 Å². The summed E-state index contributed by atoms with van der Waals surface area (Å²) in [6.45, 7) is 1.92. The van der Waals surface area contributed by atoms with Crippen LogP contribution in [0, 0.1) is 10.1 Å². The fourth-order valence-corrected chi connectivity index (χ4v) is 1.42. The molecule has 6 nitrogen and oxygen atoms in total. The lowest BCUT2D eigenvalue weighted by molar-refractivity contribution is -0.390. The van der Waals surface area contributed by atoms with E-state index in [9.17, 15) is 14.9 Å². The van der Waals surface area contributed by atoms with Crippen LogP contribution in [-0.4, -0.2) is 22.5 Å². The van der Waals surface area contributed by atoms with E-state index in [0.717, 1.165) is 0 Å². The summed E-state index contributed by atoms with van der Waals surface area (Å²) in [6, 6.07) is 3.02. The van der Waals surface area contributed by atoms with E-state index in [1.54, 1.807) is 13.0 Å². The van der Waals surface area contributed by atoms with Crippen molar-refractivity contribution in [3.63, 3.8) is 0 Å². The van der Waals surface area contributed by atoms with Crippen molar-refractivity contribution in [3.05, 3.63) is 32.4 Å². The van der Waals surface area contributed by atoms with Crippen molar-refractivity contribution in [2.24, 2.45) is 0 Å². The van der Waals surface area contributed by atoms with Crippen LogP contribution in [0.3, 0.4) is 0 Å². The Balaban J connectivity index is 2.95. The Morgan fingerprint density at radius 3 is 2.88 bits per heavy atom. The summed E-state index contributed by atoms with van der Waals surface area (Å²) in [5.74, 6) is -0.836. The molecule has 0 fully saturated rings. The first kappa shape index (κ1) is 12.6. The number of nitro groups is 1. The summed E-state index contributed by atoms with van der Waals surface area (Å²) < 4.78 is 5.06. The second-order valence-electron chi connectivity index (χ2n) is 2.86. The van der Waals surface area contributed by atoms with E-state index in [2.05, 4.69) is 20.9 Å². The fourth-order valence-electron chi connectivity index (χ4n) is 1.12. The van der Waals surface area contributed by atoms with Crippen molar-refractivity contribution in [2.45, 2.75) is 13.3 Å². The average molecular weight is 289 g/mol. The maximum atomic E-state index is 11.2. The number of aromatic nitrogens is 1. The Bertz CT molecular complexity index is 422. The molecular formula is C9H9BrN2O4. The molecule has 16 heavy (non-hydrogen) atoms. The third-order valence-electron chi connectivity index (χ3n) is 1.74. The van der Waals surface area contributed by atoms with Crippen molar-refractivity contribution in [1.29, 1.82) is 0 Å². The molecule has 0 spiro atoms. The number of rotatable bonds is 4. The van der Waals surface area contributed by atoms with Crippen LogP contribution in [0.5, 0.6) is 0 Å². The van der Waals surface area contributed by atoms with Crippen molar-refractivity contribution < 1.29 is 14.5 Å². The highest BCUT2D eigenvalue weighted by Crippen LogP contribution is 2.19. The molecule has 0 aliphatic heterocycles. The predicted octanol–water partition coefficient (Wildman–Crippen LogP) is 1.86. The molecule has 7 heteroatoms. The zero-order chi connectivity index (χ0) is 12.1. The van der Waals surface area contributed by atoms with E-state index in [1.807, 2.05) is 0 Å². The van der Waals surface area contributed by atoms with Crippen molar-refractivity contribution >= 4 is 27.7 Å². The zero-order valence-electron chi connectivity index (χ0n) is 8.47. The molecule has 0 amide bonds. The Hall–Kier alpha value is -1.50. The highest BCUT2D eigenvalue weighted by molar-refractivity contribution is 9.10. The van der Waals surface area contributed by atoms with Gasteiger partial charge in [0.2, 0.25) is 4.60 Å². The molecule has 1 aromatic heterocycles. The molecule has 0 aromatic carbocycles. The van der Waals surface area contributed by atoms with Crippen LogP contribution in [0.2, 0.25) is 0 Å². The summed E-state index contributed by atoms with van der Waals surface area (Å²) in [7, 11) is 0. The Kier molecular flexibility index (Phi) is 4.36. The van der Waals surface area contributed by atoms with Crippen LogP contribution >= 0.6 is 15.9 Å². The Morgan fingerprint density at radius 1 is 1.62 bits per heavy atom. The first-order valence-electron chi connectivity index (χ1n) is 4.50. The van der Waals surface area contributed by atoms with Gasteiger partial charge in [0, 0.05) is 15.9 Å². The molecule has 1 rings (SSSR count). The number of hydrogen-bond acceptors (Lipinski definition) is 5. The van der Waals surface area contributed by atoms with E-state index in [1.165, 1.54) is 6.07 Å². The SMILES string of the molecule is CCOC(=O)Cc1ccc(Br)nc1[N+](=O)[O-]. The molecule has 0 saturated carbocycles. The molecule has 0 unspecified atom stereocenters. The van der Waals surface area contributed by atoms with Gasteiger partial charge in [0.15, 0.2) is 0 Å². The van der Waals surface area contributed by atoms with E-state index >= 15 is 0 Å². The number of pyridine rings is 1. The smallest absolute Gasteiger partial charge is 0.368 e. The number of carbonyl (C=O) groups is 1. The topological polar surface area (TPSA) is 82.3 Å². The summed E-state index contributed by atoms with van der Waals surface area (Å²) in [4.78, 5) is 24.9. The monoisotopic (exact) mass is 288 g/mol. The third kappa shape index (κ3) is 3.27. The predicted molar refractivity (Wildman–Crippen MR) is 58.9 cm³/mol. The molecule has 0 N–H and O–H groups in total. The number of esters is 1. The maximum absolute atomic E-state index is 11.2. The molecule has 0 aliphatic carbocycles. The summed E-state index contributed by atoms with van der Waals surface area (Å²) in [6.07, 6.45) is -0.148. The largest absolute Gasteiger partial charge is 0.466 e. The van der Waals surface area contributed by atoms with Gasteiger partial charge >= 0.3 is 11.8 Å². The van der Waals surface area contributed by atoms with E-state index in [4.69, 9.17) is 4.74 Å². The number of hydrogen-bond donors (Lipinski definition) is 0. The van der Waals surface area contributed by atoms with E-state index in [0.29, 0.717) is 4.60 Å². The molecule has 0 bridgehead atoms. The highest BCUT2D eigenvalue weighted by atomic mass is 79.9. The van der Waals surface area contributed by atoms with Gasteiger partial charge in [-0.05, 0) is 29.0 Å². The summed E-state index contributed by atoms with van der Waals surface area (Å²) in [5, 5.41) is 10.7. The molecule has 1 heterocycles. The zero-order valence-corrected chi connectivity index (χ0v) is 10.1. The highest BCUT2D eigenvalue weighted by Gasteiger charge is 2.19. The van der Waals surface area contributed by atoms with Crippen LogP contribution in [0.1, 0.15) is 12.5 Å². The standard InChI is InChI=1S/C9H9BrN2O4/c1-2-16-8(13)5-6-3-4-7(10)11-9(6)12(14)15/h3-4H,2,5H2,1H3. The number of ether oxygens (including phenoxy) is 1. The lowest BCUT2D eigenvalue weighted by Gasteiger charge is -2.02. The third-order valence-corrected chi connectivity index (χ3v) is 2.18. The van der Waals surface area contributed by atoms with Crippen molar-refractivity contribution in [2.75, 3.05) is 6.61 Å². The minimum atomic E-state index is -0.626. The minimum Gasteiger partial charge on any atom is -0.466 e.